The molecule has 0 unspecified atom stereocenters. The smallest absolute Gasteiger partial charge is 0.226 e. The van der Waals surface area contributed by atoms with E-state index in [9.17, 15) is 4.79 Å². The quantitative estimate of drug-likeness (QED) is 0.876. The van der Waals surface area contributed by atoms with Crippen LogP contribution in [-0.4, -0.2) is 35.0 Å². The van der Waals surface area contributed by atoms with E-state index in [-0.39, 0.29) is 48.8 Å². The molecule has 2 N–H and O–H groups in total. The number of nitrogens with zero attached hydrogens (tertiary/aromatic N) is 2. The molecule has 2 heterocycles. The molecule has 0 spiro atoms. The molecule has 0 bridgehead atoms. The molecule has 1 aromatic rings. The summed E-state index contributed by atoms with van der Waals surface area (Å²) in [6.45, 7) is 3.37. The highest BCUT2D eigenvalue weighted by Gasteiger charge is 2.35. The zero-order valence-corrected chi connectivity index (χ0v) is 15.2. The molecule has 1 fully saturated rings. The third kappa shape index (κ3) is 4.15. The van der Waals surface area contributed by atoms with Crippen molar-refractivity contribution in [2.24, 2.45) is 11.7 Å². The van der Waals surface area contributed by atoms with E-state index in [2.05, 4.69) is 11.1 Å². The molecule has 0 radical (unpaired) electrons. The number of methoxy groups -OCH3 is 1. The Hall–Kier alpha value is -0.880. The summed E-state index contributed by atoms with van der Waals surface area (Å²) in [5.41, 5.74) is 9.44. The van der Waals surface area contributed by atoms with Gasteiger partial charge in [-0.1, -0.05) is 0 Å². The number of ether oxygens (including phenoxy) is 1. The number of amides is 1. The summed E-state index contributed by atoms with van der Waals surface area (Å²) in [5.74, 6) is 0.274. The molecule has 0 aromatic carbocycles. The molecule has 1 amide bonds. The summed E-state index contributed by atoms with van der Waals surface area (Å²) in [5, 5.41) is 0. The Labute approximate surface area is 149 Å². The summed E-state index contributed by atoms with van der Waals surface area (Å²) in [6, 6.07) is 2.14. The van der Waals surface area contributed by atoms with Crippen molar-refractivity contribution in [2.45, 2.75) is 51.4 Å². The fourth-order valence-corrected chi connectivity index (χ4v) is 3.46. The van der Waals surface area contributed by atoms with Crippen LogP contribution in [0, 0.1) is 12.8 Å². The molecule has 2 aliphatic rings. The predicted molar refractivity (Wildman–Crippen MR) is 93.8 cm³/mol. The van der Waals surface area contributed by atoms with E-state index >= 15 is 0 Å². The van der Waals surface area contributed by atoms with Crippen molar-refractivity contribution in [3.8, 4) is 0 Å². The number of aryl methyl sites for hydroxylation is 1. The Kier molecular flexibility index (Phi) is 7.27. The summed E-state index contributed by atoms with van der Waals surface area (Å²) in [6.07, 6.45) is 4.36. The van der Waals surface area contributed by atoms with Crippen LogP contribution in [0.5, 0.6) is 0 Å². The lowest BCUT2D eigenvalue weighted by atomic mass is 9.83. The van der Waals surface area contributed by atoms with Gasteiger partial charge in [0.15, 0.2) is 0 Å². The van der Waals surface area contributed by atoms with Crippen LogP contribution in [0.3, 0.4) is 0 Å². The number of carbonyl (C=O) groups excluding carboxylic acids is 1. The van der Waals surface area contributed by atoms with Gasteiger partial charge in [-0.25, -0.2) is 0 Å². The molecule has 5 nitrogen and oxygen atoms in total. The second kappa shape index (κ2) is 8.29. The average molecular weight is 362 g/mol. The molecule has 1 saturated carbocycles. The van der Waals surface area contributed by atoms with Crippen LogP contribution in [-0.2, 0) is 22.6 Å². The molecule has 1 aromatic heterocycles. The fraction of sp³-hybridized carbons (Fsp3) is 0.625. The van der Waals surface area contributed by atoms with E-state index < -0.39 is 0 Å². The van der Waals surface area contributed by atoms with E-state index in [4.69, 9.17) is 10.5 Å². The van der Waals surface area contributed by atoms with Gasteiger partial charge in [0.1, 0.15) is 0 Å². The van der Waals surface area contributed by atoms with E-state index in [1.807, 2.05) is 18.0 Å². The van der Waals surface area contributed by atoms with Gasteiger partial charge in [-0.2, -0.15) is 0 Å². The third-order valence-corrected chi connectivity index (χ3v) is 4.75. The molecule has 0 saturated heterocycles. The molecular formula is C16H25Cl2N3O2. The Morgan fingerprint density at radius 2 is 2.00 bits per heavy atom. The van der Waals surface area contributed by atoms with Crippen LogP contribution in [0.2, 0.25) is 0 Å². The Morgan fingerprint density at radius 3 is 2.70 bits per heavy atom. The highest BCUT2D eigenvalue weighted by atomic mass is 35.5. The molecule has 1 aliphatic heterocycles. The van der Waals surface area contributed by atoms with Gasteiger partial charge in [0.25, 0.3) is 0 Å². The standard InChI is InChI=1S/C16H23N3O2.2ClH/c1-10-5-12-8-19(9-13(12)7-18-10)16(20)11-3-4-14(17)15(6-11)21-2;;/h5,7,11,14-15H,3-4,6,8-9,17H2,1-2H3;2*1H/t11-,14+,15+;;/m0../s1. The highest BCUT2D eigenvalue weighted by molar-refractivity contribution is 5.85. The summed E-state index contributed by atoms with van der Waals surface area (Å²) >= 11 is 0. The first-order chi connectivity index (χ1) is 10.1. The molecule has 130 valence electrons. The van der Waals surface area contributed by atoms with Crippen LogP contribution < -0.4 is 5.73 Å². The minimum absolute atomic E-state index is 0. The first-order valence-corrected chi connectivity index (χ1v) is 7.60. The SMILES string of the molecule is CO[C@@H]1C[C@@H](C(=O)N2Cc3cnc(C)cc3C2)CC[C@H]1N.Cl.Cl. The van der Waals surface area contributed by atoms with E-state index in [0.717, 1.165) is 25.0 Å². The molecule has 3 atom stereocenters. The number of halogens is 2. The van der Waals surface area contributed by atoms with Crippen molar-refractivity contribution < 1.29 is 9.53 Å². The van der Waals surface area contributed by atoms with Gasteiger partial charge in [-0.3, -0.25) is 9.78 Å². The Morgan fingerprint density at radius 1 is 1.30 bits per heavy atom. The summed E-state index contributed by atoms with van der Waals surface area (Å²) in [7, 11) is 1.68. The topological polar surface area (TPSA) is 68.5 Å². The maximum Gasteiger partial charge on any atom is 0.226 e. The zero-order chi connectivity index (χ0) is 15.0. The van der Waals surface area contributed by atoms with Gasteiger partial charge in [0.05, 0.1) is 6.10 Å². The van der Waals surface area contributed by atoms with Gasteiger partial charge in [0, 0.05) is 44.0 Å². The number of pyridine rings is 1. The van der Waals surface area contributed by atoms with Crippen LogP contribution in [0.1, 0.15) is 36.1 Å². The van der Waals surface area contributed by atoms with Gasteiger partial charge in [-0.05, 0) is 43.4 Å². The van der Waals surface area contributed by atoms with Crippen molar-refractivity contribution in [2.75, 3.05) is 7.11 Å². The monoisotopic (exact) mass is 361 g/mol. The molecule has 7 heteroatoms. The lowest BCUT2D eigenvalue weighted by Gasteiger charge is -2.34. The molecule has 23 heavy (non-hydrogen) atoms. The molecule has 3 rings (SSSR count). The number of hydrogen-bond donors (Lipinski definition) is 1. The highest BCUT2D eigenvalue weighted by Crippen LogP contribution is 2.30. The molecule has 1 aliphatic carbocycles. The minimum Gasteiger partial charge on any atom is -0.380 e. The number of aromatic nitrogens is 1. The second-order valence-corrected chi connectivity index (χ2v) is 6.24. The van der Waals surface area contributed by atoms with Crippen molar-refractivity contribution in [1.29, 1.82) is 0 Å². The maximum atomic E-state index is 12.7. The van der Waals surface area contributed by atoms with Gasteiger partial charge < -0.3 is 15.4 Å². The van der Waals surface area contributed by atoms with E-state index in [1.165, 1.54) is 11.1 Å². The fourth-order valence-electron chi connectivity index (χ4n) is 3.46. The van der Waals surface area contributed by atoms with Crippen molar-refractivity contribution in [3.05, 3.63) is 29.1 Å². The Bertz CT molecular complexity index is 556. The number of carbonyl (C=O) groups is 1. The Balaban J connectivity index is 0.00000132. The van der Waals surface area contributed by atoms with E-state index in [0.29, 0.717) is 13.1 Å². The predicted octanol–water partition coefficient (Wildman–Crippen LogP) is 2.22. The van der Waals surface area contributed by atoms with Crippen LogP contribution >= 0.6 is 24.8 Å². The number of hydrogen-bond acceptors (Lipinski definition) is 4. The molecular weight excluding hydrogens is 337 g/mol. The van der Waals surface area contributed by atoms with Gasteiger partial charge in [0.2, 0.25) is 5.91 Å². The summed E-state index contributed by atoms with van der Waals surface area (Å²) < 4.78 is 5.42. The second-order valence-electron chi connectivity index (χ2n) is 6.24. The van der Waals surface area contributed by atoms with Gasteiger partial charge >= 0.3 is 0 Å². The number of fused-ring (bicyclic) bond motifs is 1. The lowest BCUT2D eigenvalue weighted by Crippen LogP contribution is -2.45. The maximum absolute atomic E-state index is 12.7. The zero-order valence-electron chi connectivity index (χ0n) is 13.5. The van der Waals surface area contributed by atoms with Crippen LogP contribution in [0.15, 0.2) is 12.3 Å². The van der Waals surface area contributed by atoms with Crippen LogP contribution in [0.25, 0.3) is 0 Å². The van der Waals surface area contributed by atoms with Crippen molar-refractivity contribution in [1.82, 2.24) is 9.88 Å². The van der Waals surface area contributed by atoms with Crippen LogP contribution in [0.4, 0.5) is 0 Å². The van der Waals surface area contributed by atoms with E-state index in [1.54, 1.807) is 7.11 Å². The normalized spacial score (nSPS) is 26.0. The first-order valence-electron chi connectivity index (χ1n) is 7.60. The lowest BCUT2D eigenvalue weighted by molar-refractivity contribution is -0.139. The van der Waals surface area contributed by atoms with Gasteiger partial charge in [-0.15, -0.1) is 24.8 Å². The first kappa shape index (κ1) is 20.2. The van der Waals surface area contributed by atoms with Crippen molar-refractivity contribution in [3.63, 3.8) is 0 Å². The van der Waals surface area contributed by atoms with Crippen molar-refractivity contribution >= 4 is 30.7 Å². The summed E-state index contributed by atoms with van der Waals surface area (Å²) in [4.78, 5) is 19.0. The third-order valence-electron chi connectivity index (χ3n) is 4.75. The number of nitrogens with two attached hydrogens (primary N) is 1. The number of rotatable bonds is 2. The minimum atomic E-state index is 0. The largest absolute Gasteiger partial charge is 0.380 e. The average Bonchev–Trinajstić information content (AvgIpc) is 2.90.